The molecule has 1 aromatic carbocycles. The lowest BCUT2D eigenvalue weighted by atomic mass is 9.72. The van der Waals surface area contributed by atoms with Gasteiger partial charge in [0.05, 0.1) is 18.7 Å². The number of aliphatic imine (C=N–C) groups is 1. The van der Waals surface area contributed by atoms with Crippen molar-refractivity contribution in [2.45, 2.75) is 31.2 Å². The number of methoxy groups -OCH3 is 1. The van der Waals surface area contributed by atoms with Gasteiger partial charge >= 0.3 is 0 Å². The summed E-state index contributed by atoms with van der Waals surface area (Å²) in [7, 11) is 1.73. The Hall–Kier alpha value is -1.55. The Morgan fingerprint density at radius 1 is 1.45 bits per heavy atom. The van der Waals surface area contributed by atoms with E-state index in [1.165, 1.54) is 17.5 Å². The number of guanidine groups is 1. The van der Waals surface area contributed by atoms with Crippen molar-refractivity contribution < 1.29 is 4.74 Å². The largest absolute Gasteiger partial charge is 0.383 e. The highest BCUT2D eigenvalue weighted by Crippen LogP contribution is 2.46. The molecule has 0 bridgehead atoms. The molecule has 0 saturated heterocycles. The summed E-state index contributed by atoms with van der Waals surface area (Å²) >= 11 is 0. The van der Waals surface area contributed by atoms with Gasteiger partial charge in [0.1, 0.15) is 0 Å². The minimum atomic E-state index is -0.0499. The second kappa shape index (κ2) is 5.09. The molecule has 0 saturated carbocycles. The fraction of sp³-hybridized carbons (Fsp3) is 0.562. The van der Waals surface area contributed by atoms with E-state index in [9.17, 15) is 0 Å². The van der Waals surface area contributed by atoms with Gasteiger partial charge in [-0.05, 0) is 29.9 Å². The van der Waals surface area contributed by atoms with E-state index in [2.05, 4.69) is 41.1 Å². The minimum absolute atomic E-state index is 0.0499. The zero-order chi connectivity index (χ0) is 14.2. The van der Waals surface area contributed by atoms with Gasteiger partial charge in [0.25, 0.3) is 0 Å². The molecular formula is C16H23N3O. The van der Waals surface area contributed by atoms with Gasteiger partial charge in [0, 0.05) is 13.7 Å². The lowest BCUT2D eigenvalue weighted by molar-refractivity contribution is 0.114. The van der Waals surface area contributed by atoms with Crippen LogP contribution < -0.4 is 5.73 Å². The van der Waals surface area contributed by atoms with Gasteiger partial charge in [-0.15, -0.1) is 0 Å². The average molecular weight is 273 g/mol. The van der Waals surface area contributed by atoms with Crippen LogP contribution in [0.15, 0.2) is 29.3 Å². The third-order valence-electron chi connectivity index (χ3n) is 4.80. The third-order valence-corrected chi connectivity index (χ3v) is 4.80. The highest BCUT2D eigenvalue weighted by Gasteiger charge is 2.47. The molecule has 2 aliphatic rings. The van der Waals surface area contributed by atoms with Gasteiger partial charge in [-0.25, -0.2) is 0 Å². The van der Waals surface area contributed by atoms with Gasteiger partial charge in [-0.2, -0.15) is 0 Å². The van der Waals surface area contributed by atoms with E-state index in [1.54, 1.807) is 7.11 Å². The number of nitrogens with zero attached hydrogens (tertiary/aromatic N) is 2. The Balaban J connectivity index is 2.02. The van der Waals surface area contributed by atoms with Crippen molar-refractivity contribution in [3.63, 3.8) is 0 Å². The van der Waals surface area contributed by atoms with Crippen molar-refractivity contribution in [1.29, 1.82) is 0 Å². The second-order valence-corrected chi connectivity index (χ2v) is 5.88. The summed E-state index contributed by atoms with van der Waals surface area (Å²) in [6.07, 6.45) is 2.29. The van der Waals surface area contributed by atoms with Crippen LogP contribution >= 0.6 is 0 Å². The molecule has 1 aromatic rings. The van der Waals surface area contributed by atoms with E-state index in [0.717, 1.165) is 19.5 Å². The number of rotatable bonds is 3. The zero-order valence-electron chi connectivity index (χ0n) is 12.3. The van der Waals surface area contributed by atoms with E-state index in [1.807, 2.05) is 0 Å². The van der Waals surface area contributed by atoms with E-state index in [0.29, 0.717) is 18.5 Å². The normalized spacial score (nSPS) is 28.6. The first-order valence-corrected chi connectivity index (χ1v) is 7.35. The van der Waals surface area contributed by atoms with E-state index < -0.39 is 0 Å². The highest BCUT2D eigenvalue weighted by atomic mass is 16.5. The monoisotopic (exact) mass is 273 g/mol. The summed E-state index contributed by atoms with van der Waals surface area (Å²) < 4.78 is 5.24. The molecule has 1 heterocycles. The quantitative estimate of drug-likeness (QED) is 0.917. The summed E-state index contributed by atoms with van der Waals surface area (Å²) in [5, 5.41) is 0. The van der Waals surface area contributed by atoms with Crippen LogP contribution in [0.2, 0.25) is 0 Å². The van der Waals surface area contributed by atoms with Crippen LogP contribution in [0, 0.1) is 0 Å². The fourth-order valence-corrected chi connectivity index (χ4v) is 3.65. The van der Waals surface area contributed by atoms with Gasteiger partial charge in [0.2, 0.25) is 0 Å². The molecule has 0 aromatic heterocycles. The summed E-state index contributed by atoms with van der Waals surface area (Å²) in [6.45, 7) is 4.56. The lowest BCUT2D eigenvalue weighted by Crippen LogP contribution is -2.52. The molecule has 1 aliphatic carbocycles. The molecule has 3 rings (SSSR count). The first-order valence-electron chi connectivity index (χ1n) is 7.35. The molecule has 2 N–H and O–H groups in total. The Morgan fingerprint density at radius 2 is 2.25 bits per heavy atom. The molecule has 0 radical (unpaired) electrons. The predicted molar refractivity (Wildman–Crippen MR) is 80.8 cm³/mol. The lowest BCUT2D eigenvalue weighted by Gasteiger charge is -2.45. The molecule has 1 spiro atoms. The van der Waals surface area contributed by atoms with Crippen molar-refractivity contribution in [3.8, 4) is 0 Å². The van der Waals surface area contributed by atoms with Crippen molar-refractivity contribution in [2.24, 2.45) is 10.7 Å². The summed E-state index contributed by atoms with van der Waals surface area (Å²) in [5.41, 5.74) is 8.94. The Morgan fingerprint density at radius 3 is 3.05 bits per heavy atom. The molecule has 2 unspecified atom stereocenters. The van der Waals surface area contributed by atoms with Crippen molar-refractivity contribution in [1.82, 2.24) is 4.90 Å². The average Bonchev–Trinajstić information content (AvgIpc) is 2.79. The zero-order valence-corrected chi connectivity index (χ0v) is 12.3. The molecular weight excluding hydrogens is 250 g/mol. The predicted octanol–water partition coefficient (Wildman–Crippen LogP) is 2.06. The molecule has 2 atom stereocenters. The number of hydrogen-bond donors (Lipinski definition) is 1. The first-order chi connectivity index (χ1) is 9.69. The van der Waals surface area contributed by atoms with Crippen LogP contribution in [0.3, 0.4) is 0 Å². The Labute approximate surface area is 120 Å². The molecule has 4 heteroatoms. The number of nitrogens with two attached hydrogens (primary N) is 1. The summed E-state index contributed by atoms with van der Waals surface area (Å²) in [6, 6.07) is 8.76. The van der Waals surface area contributed by atoms with Gasteiger partial charge < -0.3 is 15.4 Å². The van der Waals surface area contributed by atoms with Crippen LogP contribution in [0.5, 0.6) is 0 Å². The number of hydrogen-bond acceptors (Lipinski definition) is 4. The van der Waals surface area contributed by atoms with Crippen LogP contribution in [-0.2, 0) is 10.3 Å². The molecule has 0 amide bonds. The Bertz CT molecular complexity index is 528. The summed E-state index contributed by atoms with van der Waals surface area (Å²) in [4.78, 5) is 6.79. The molecule has 0 fully saturated rings. The summed E-state index contributed by atoms with van der Waals surface area (Å²) in [5.74, 6) is 1.27. The molecule has 108 valence electrons. The van der Waals surface area contributed by atoms with Crippen molar-refractivity contribution in [2.75, 3.05) is 26.8 Å². The fourth-order valence-electron chi connectivity index (χ4n) is 3.65. The Kier molecular flexibility index (Phi) is 3.42. The van der Waals surface area contributed by atoms with E-state index >= 15 is 0 Å². The van der Waals surface area contributed by atoms with Crippen molar-refractivity contribution in [3.05, 3.63) is 35.4 Å². The van der Waals surface area contributed by atoms with Crippen LogP contribution in [0.4, 0.5) is 0 Å². The van der Waals surface area contributed by atoms with Crippen LogP contribution in [0.1, 0.15) is 36.8 Å². The second-order valence-electron chi connectivity index (χ2n) is 5.88. The SMILES string of the molecule is COCCN1C(N)=NCC12CCC(C)c1ccccc12. The van der Waals surface area contributed by atoms with Crippen LogP contribution in [-0.4, -0.2) is 37.7 Å². The third kappa shape index (κ3) is 1.90. The van der Waals surface area contributed by atoms with Crippen molar-refractivity contribution >= 4 is 5.96 Å². The van der Waals surface area contributed by atoms with E-state index in [4.69, 9.17) is 10.5 Å². The maximum absolute atomic E-state index is 6.14. The molecule has 20 heavy (non-hydrogen) atoms. The van der Waals surface area contributed by atoms with E-state index in [-0.39, 0.29) is 5.54 Å². The maximum Gasteiger partial charge on any atom is 0.192 e. The first kappa shape index (κ1) is 13.4. The van der Waals surface area contributed by atoms with Gasteiger partial charge in [0.15, 0.2) is 5.96 Å². The topological polar surface area (TPSA) is 50.9 Å². The molecule has 1 aliphatic heterocycles. The molecule has 4 nitrogen and oxygen atoms in total. The number of benzene rings is 1. The number of ether oxygens (including phenoxy) is 1. The smallest absolute Gasteiger partial charge is 0.192 e. The van der Waals surface area contributed by atoms with Gasteiger partial charge in [-0.3, -0.25) is 4.99 Å². The highest BCUT2D eigenvalue weighted by molar-refractivity contribution is 5.81. The maximum atomic E-state index is 6.14. The van der Waals surface area contributed by atoms with Crippen LogP contribution in [0.25, 0.3) is 0 Å². The standard InChI is InChI=1S/C16H23N3O/c1-12-7-8-16(14-6-4-3-5-13(12)14)11-18-15(17)19(16)9-10-20-2/h3-6,12H,7-11H2,1-2H3,(H2,17,18). The minimum Gasteiger partial charge on any atom is -0.383 e. The van der Waals surface area contributed by atoms with Gasteiger partial charge in [-0.1, -0.05) is 31.2 Å². The number of fused-ring (bicyclic) bond motifs is 2.